The lowest BCUT2D eigenvalue weighted by Gasteiger charge is -2.31. The van der Waals surface area contributed by atoms with Gasteiger partial charge in [0.15, 0.2) is 0 Å². The van der Waals surface area contributed by atoms with E-state index in [1.807, 2.05) is 19.1 Å². The first-order valence-electron chi connectivity index (χ1n) is 7.07. The molecule has 3 heteroatoms. The molecule has 1 aliphatic carbocycles. The number of rotatable bonds is 3. The van der Waals surface area contributed by atoms with Gasteiger partial charge in [-0.25, -0.2) is 0 Å². The van der Waals surface area contributed by atoms with Gasteiger partial charge >= 0.3 is 0 Å². The molecule has 2 rings (SSSR count). The van der Waals surface area contributed by atoms with Crippen LogP contribution in [0.15, 0.2) is 18.2 Å². The van der Waals surface area contributed by atoms with Crippen LogP contribution >= 0.6 is 0 Å². The molecule has 3 nitrogen and oxygen atoms in total. The third kappa shape index (κ3) is 3.27. The van der Waals surface area contributed by atoms with Crippen LogP contribution in [0, 0.1) is 24.2 Å². The zero-order valence-electron chi connectivity index (χ0n) is 11.7. The molecule has 3 unspecified atom stereocenters. The van der Waals surface area contributed by atoms with Crippen LogP contribution in [-0.4, -0.2) is 11.1 Å². The van der Waals surface area contributed by atoms with E-state index in [4.69, 9.17) is 0 Å². The van der Waals surface area contributed by atoms with Crippen LogP contribution in [0.25, 0.3) is 0 Å². The Morgan fingerprint density at radius 2 is 2.11 bits per heavy atom. The Morgan fingerprint density at radius 3 is 2.79 bits per heavy atom. The highest BCUT2D eigenvalue weighted by Crippen LogP contribution is 2.29. The lowest BCUT2D eigenvalue weighted by Crippen LogP contribution is -2.39. The van der Waals surface area contributed by atoms with E-state index in [2.05, 4.69) is 18.3 Å². The van der Waals surface area contributed by atoms with Crippen LogP contribution in [-0.2, 0) is 0 Å². The second-order valence-corrected chi connectivity index (χ2v) is 5.66. The Hall–Kier alpha value is -1.53. The number of nitriles is 1. The Labute approximate surface area is 115 Å². The average Bonchev–Trinajstić information content (AvgIpc) is 2.41. The maximum absolute atomic E-state index is 9.94. The summed E-state index contributed by atoms with van der Waals surface area (Å²) in [4.78, 5) is 0. The van der Waals surface area contributed by atoms with Gasteiger partial charge < -0.3 is 5.11 Å². The van der Waals surface area contributed by atoms with Gasteiger partial charge in [0.05, 0.1) is 6.07 Å². The molecular formula is C16H22N2O. The van der Waals surface area contributed by atoms with Crippen LogP contribution < -0.4 is 5.32 Å². The maximum Gasteiger partial charge on any atom is 0.125 e. The van der Waals surface area contributed by atoms with Crippen molar-refractivity contribution in [1.29, 1.82) is 5.26 Å². The SMILES string of the molecule is Cc1ccc(O)c(C(C#N)NC2CCCCC2C)c1. The fourth-order valence-electron chi connectivity index (χ4n) is 2.88. The van der Waals surface area contributed by atoms with Crippen molar-refractivity contribution in [2.75, 3.05) is 0 Å². The number of aromatic hydroxyl groups is 1. The van der Waals surface area contributed by atoms with Gasteiger partial charge in [0, 0.05) is 11.6 Å². The molecule has 2 N–H and O–H groups in total. The Kier molecular flexibility index (Phi) is 4.44. The van der Waals surface area contributed by atoms with Crippen molar-refractivity contribution in [3.8, 4) is 11.8 Å². The lowest BCUT2D eigenvalue weighted by molar-refractivity contribution is 0.270. The number of hydrogen-bond donors (Lipinski definition) is 2. The molecule has 0 spiro atoms. The molecule has 1 saturated carbocycles. The van der Waals surface area contributed by atoms with Gasteiger partial charge in [-0.05, 0) is 37.8 Å². The highest BCUT2D eigenvalue weighted by atomic mass is 16.3. The smallest absolute Gasteiger partial charge is 0.125 e. The maximum atomic E-state index is 9.94. The Bertz CT molecular complexity index is 478. The molecule has 0 amide bonds. The predicted octanol–water partition coefficient (Wildman–Crippen LogP) is 3.43. The van der Waals surface area contributed by atoms with Crippen molar-refractivity contribution in [3.63, 3.8) is 0 Å². The van der Waals surface area contributed by atoms with Gasteiger partial charge in [0.2, 0.25) is 0 Å². The molecule has 1 aromatic carbocycles. The van der Waals surface area contributed by atoms with E-state index < -0.39 is 6.04 Å². The second-order valence-electron chi connectivity index (χ2n) is 5.66. The van der Waals surface area contributed by atoms with Crippen LogP contribution in [0.4, 0.5) is 0 Å². The summed E-state index contributed by atoms with van der Waals surface area (Å²) in [6.07, 6.45) is 4.84. The molecule has 1 aromatic rings. The first-order valence-corrected chi connectivity index (χ1v) is 7.07. The molecule has 0 radical (unpaired) electrons. The van der Waals surface area contributed by atoms with E-state index >= 15 is 0 Å². The Morgan fingerprint density at radius 1 is 1.37 bits per heavy atom. The third-order valence-electron chi connectivity index (χ3n) is 4.12. The second kappa shape index (κ2) is 6.08. The van der Waals surface area contributed by atoms with Crippen molar-refractivity contribution in [1.82, 2.24) is 5.32 Å². The number of nitrogens with zero attached hydrogens (tertiary/aromatic N) is 1. The minimum Gasteiger partial charge on any atom is -0.508 e. The number of aryl methyl sites for hydroxylation is 1. The molecule has 0 aromatic heterocycles. The summed E-state index contributed by atoms with van der Waals surface area (Å²) < 4.78 is 0. The van der Waals surface area contributed by atoms with Gasteiger partial charge in [0.1, 0.15) is 11.8 Å². The fourth-order valence-corrected chi connectivity index (χ4v) is 2.88. The molecule has 1 aliphatic rings. The van der Waals surface area contributed by atoms with Crippen molar-refractivity contribution in [2.24, 2.45) is 5.92 Å². The number of hydrogen-bond acceptors (Lipinski definition) is 3. The first kappa shape index (κ1) is 13.9. The van der Waals surface area contributed by atoms with E-state index in [-0.39, 0.29) is 5.75 Å². The first-order chi connectivity index (χ1) is 9.11. The topological polar surface area (TPSA) is 56.0 Å². The van der Waals surface area contributed by atoms with E-state index in [0.29, 0.717) is 17.5 Å². The number of phenolic OH excluding ortho intramolecular Hbond substituents is 1. The highest BCUT2D eigenvalue weighted by molar-refractivity contribution is 5.40. The molecule has 0 saturated heterocycles. The summed E-state index contributed by atoms with van der Waals surface area (Å²) in [5.74, 6) is 0.796. The number of phenols is 1. The Balaban J connectivity index is 2.16. The monoisotopic (exact) mass is 258 g/mol. The third-order valence-corrected chi connectivity index (χ3v) is 4.12. The molecule has 0 bridgehead atoms. The fraction of sp³-hybridized carbons (Fsp3) is 0.562. The lowest BCUT2D eigenvalue weighted by atomic mass is 9.85. The van der Waals surface area contributed by atoms with Crippen LogP contribution in [0.2, 0.25) is 0 Å². The highest BCUT2D eigenvalue weighted by Gasteiger charge is 2.25. The van der Waals surface area contributed by atoms with Gasteiger partial charge in [-0.3, -0.25) is 5.32 Å². The van der Waals surface area contributed by atoms with Crippen molar-refractivity contribution < 1.29 is 5.11 Å². The van der Waals surface area contributed by atoms with Crippen LogP contribution in [0.5, 0.6) is 5.75 Å². The molecular weight excluding hydrogens is 236 g/mol. The molecule has 102 valence electrons. The number of nitrogens with one attached hydrogen (secondary N) is 1. The minimum absolute atomic E-state index is 0.202. The van der Waals surface area contributed by atoms with Crippen molar-refractivity contribution >= 4 is 0 Å². The molecule has 19 heavy (non-hydrogen) atoms. The zero-order chi connectivity index (χ0) is 13.8. The number of benzene rings is 1. The van der Waals surface area contributed by atoms with E-state index in [1.165, 1.54) is 19.3 Å². The van der Waals surface area contributed by atoms with E-state index in [1.54, 1.807) is 6.07 Å². The van der Waals surface area contributed by atoms with Gasteiger partial charge in [0.25, 0.3) is 0 Å². The van der Waals surface area contributed by atoms with E-state index in [0.717, 1.165) is 12.0 Å². The summed E-state index contributed by atoms with van der Waals surface area (Å²) in [5.41, 5.74) is 1.76. The van der Waals surface area contributed by atoms with Gasteiger partial charge in [-0.1, -0.05) is 31.4 Å². The minimum atomic E-state index is -0.426. The van der Waals surface area contributed by atoms with Gasteiger partial charge in [-0.15, -0.1) is 0 Å². The van der Waals surface area contributed by atoms with Crippen molar-refractivity contribution in [2.45, 2.75) is 51.6 Å². The molecule has 0 heterocycles. The zero-order valence-corrected chi connectivity index (χ0v) is 11.7. The normalized spacial score (nSPS) is 24.7. The summed E-state index contributed by atoms with van der Waals surface area (Å²) in [7, 11) is 0. The van der Waals surface area contributed by atoms with E-state index in [9.17, 15) is 10.4 Å². The molecule has 3 atom stereocenters. The molecule has 1 fully saturated rings. The molecule has 0 aliphatic heterocycles. The van der Waals surface area contributed by atoms with Crippen LogP contribution in [0.1, 0.15) is 49.8 Å². The largest absolute Gasteiger partial charge is 0.508 e. The van der Waals surface area contributed by atoms with Crippen molar-refractivity contribution in [3.05, 3.63) is 29.3 Å². The summed E-state index contributed by atoms with van der Waals surface area (Å²) in [5, 5.41) is 22.7. The summed E-state index contributed by atoms with van der Waals surface area (Å²) >= 11 is 0. The van der Waals surface area contributed by atoms with Gasteiger partial charge in [-0.2, -0.15) is 5.26 Å². The standard InChI is InChI=1S/C16H22N2O/c1-11-7-8-16(19)13(9-11)15(10-17)18-14-6-4-3-5-12(14)2/h7-9,12,14-15,18-19H,3-6H2,1-2H3. The summed E-state index contributed by atoms with van der Waals surface area (Å²) in [6, 6.07) is 7.65. The van der Waals surface area contributed by atoms with Crippen LogP contribution in [0.3, 0.4) is 0 Å². The predicted molar refractivity (Wildman–Crippen MR) is 75.8 cm³/mol. The quantitative estimate of drug-likeness (QED) is 0.873. The average molecular weight is 258 g/mol. The summed E-state index contributed by atoms with van der Waals surface area (Å²) in [6.45, 7) is 4.21.